The summed E-state index contributed by atoms with van der Waals surface area (Å²) in [6.07, 6.45) is 5.13. The van der Waals surface area contributed by atoms with E-state index in [9.17, 15) is 4.79 Å². The number of H-pyrrole nitrogens is 2. The van der Waals surface area contributed by atoms with Crippen LogP contribution in [0.5, 0.6) is 0 Å². The smallest absolute Gasteiger partial charge is 0.251 e. The first-order valence-electron chi connectivity index (χ1n) is 5.52. The first-order chi connectivity index (χ1) is 8.83. The molecule has 0 saturated heterocycles. The van der Waals surface area contributed by atoms with E-state index in [1.165, 1.54) is 0 Å². The molecule has 0 fully saturated rings. The second-order valence-corrected chi connectivity index (χ2v) is 3.96. The molecule has 90 valence electrons. The summed E-state index contributed by atoms with van der Waals surface area (Å²) < 4.78 is 0. The summed E-state index contributed by atoms with van der Waals surface area (Å²) in [5.41, 5.74) is 2.47. The number of fused-ring (bicyclic) bond motifs is 1. The van der Waals surface area contributed by atoms with Gasteiger partial charge in [-0.15, -0.1) is 0 Å². The maximum atomic E-state index is 11.9. The third-order valence-electron chi connectivity index (χ3n) is 2.71. The lowest BCUT2D eigenvalue weighted by molar-refractivity contribution is 0.0951. The van der Waals surface area contributed by atoms with E-state index in [0.29, 0.717) is 12.1 Å². The number of nitrogens with zero attached hydrogens (tertiary/aromatic N) is 2. The highest BCUT2D eigenvalue weighted by Gasteiger charge is 2.07. The Hall–Kier alpha value is -2.63. The molecule has 0 atom stereocenters. The van der Waals surface area contributed by atoms with Gasteiger partial charge in [0.05, 0.1) is 17.9 Å². The van der Waals surface area contributed by atoms with Gasteiger partial charge in [0.25, 0.3) is 5.91 Å². The molecular formula is C12H11N5O. The molecule has 0 radical (unpaired) electrons. The van der Waals surface area contributed by atoms with Crippen LogP contribution in [0.4, 0.5) is 0 Å². The molecular weight excluding hydrogens is 230 g/mol. The monoisotopic (exact) mass is 241 g/mol. The van der Waals surface area contributed by atoms with Crippen LogP contribution in [0.2, 0.25) is 0 Å². The van der Waals surface area contributed by atoms with E-state index in [-0.39, 0.29) is 5.91 Å². The zero-order valence-corrected chi connectivity index (χ0v) is 9.47. The highest BCUT2D eigenvalue weighted by atomic mass is 16.1. The van der Waals surface area contributed by atoms with E-state index < -0.39 is 0 Å². The summed E-state index contributed by atoms with van der Waals surface area (Å²) in [5, 5.41) is 17.0. The van der Waals surface area contributed by atoms with Crippen LogP contribution in [-0.4, -0.2) is 26.3 Å². The van der Waals surface area contributed by atoms with Gasteiger partial charge < -0.3 is 5.32 Å². The predicted octanol–water partition coefficient (Wildman–Crippen LogP) is 1.22. The first-order valence-corrected chi connectivity index (χ1v) is 5.52. The van der Waals surface area contributed by atoms with Crippen molar-refractivity contribution in [2.45, 2.75) is 6.54 Å². The zero-order valence-electron chi connectivity index (χ0n) is 9.47. The van der Waals surface area contributed by atoms with E-state index in [1.807, 2.05) is 12.1 Å². The number of aromatic amines is 2. The molecule has 3 rings (SSSR count). The molecule has 0 saturated carbocycles. The topological polar surface area (TPSA) is 86.5 Å². The molecule has 0 unspecified atom stereocenters. The van der Waals surface area contributed by atoms with Gasteiger partial charge in [-0.25, -0.2) is 0 Å². The largest absolute Gasteiger partial charge is 0.348 e. The summed E-state index contributed by atoms with van der Waals surface area (Å²) in [4.78, 5) is 11.9. The van der Waals surface area contributed by atoms with E-state index in [2.05, 4.69) is 25.7 Å². The Kier molecular flexibility index (Phi) is 2.53. The first kappa shape index (κ1) is 10.5. The lowest BCUT2D eigenvalue weighted by atomic mass is 10.1. The van der Waals surface area contributed by atoms with Crippen LogP contribution in [0.25, 0.3) is 10.9 Å². The van der Waals surface area contributed by atoms with Crippen LogP contribution < -0.4 is 5.32 Å². The van der Waals surface area contributed by atoms with Crippen molar-refractivity contribution in [3.63, 3.8) is 0 Å². The van der Waals surface area contributed by atoms with Crippen LogP contribution in [0.15, 0.2) is 36.8 Å². The van der Waals surface area contributed by atoms with Crippen LogP contribution in [-0.2, 0) is 6.54 Å². The lowest BCUT2D eigenvalue weighted by Gasteiger charge is -2.03. The summed E-state index contributed by atoms with van der Waals surface area (Å²) in [6.45, 7) is 0.457. The number of carbonyl (C=O) groups excluding carboxylic acids is 1. The molecule has 3 N–H and O–H groups in total. The Morgan fingerprint density at radius 1 is 1.28 bits per heavy atom. The van der Waals surface area contributed by atoms with E-state index >= 15 is 0 Å². The average molecular weight is 241 g/mol. The molecule has 1 amide bonds. The molecule has 2 aromatic heterocycles. The molecule has 18 heavy (non-hydrogen) atoms. The molecule has 0 aliphatic heterocycles. The van der Waals surface area contributed by atoms with Crippen molar-refractivity contribution in [2.75, 3.05) is 0 Å². The normalized spacial score (nSPS) is 10.7. The fourth-order valence-electron chi connectivity index (χ4n) is 1.74. The fourth-order valence-corrected chi connectivity index (χ4v) is 1.74. The summed E-state index contributed by atoms with van der Waals surface area (Å²) >= 11 is 0. The van der Waals surface area contributed by atoms with Crippen molar-refractivity contribution in [3.8, 4) is 0 Å². The number of nitrogens with one attached hydrogen (secondary N) is 3. The second-order valence-electron chi connectivity index (χ2n) is 3.96. The van der Waals surface area contributed by atoms with Crippen LogP contribution in [0.3, 0.4) is 0 Å². The van der Waals surface area contributed by atoms with Crippen molar-refractivity contribution >= 4 is 16.8 Å². The maximum absolute atomic E-state index is 11.9. The van der Waals surface area contributed by atoms with Crippen molar-refractivity contribution in [2.24, 2.45) is 0 Å². The minimum absolute atomic E-state index is 0.112. The average Bonchev–Trinajstić information content (AvgIpc) is 3.05. The Labute approximate surface area is 102 Å². The second kappa shape index (κ2) is 4.33. The summed E-state index contributed by atoms with van der Waals surface area (Å²) in [7, 11) is 0. The van der Waals surface area contributed by atoms with Crippen LogP contribution in [0.1, 0.15) is 15.9 Å². The van der Waals surface area contributed by atoms with E-state index in [1.54, 1.807) is 24.7 Å². The van der Waals surface area contributed by atoms with E-state index in [4.69, 9.17) is 0 Å². The Bertz CT molecular complexity index is 671. The van der Waals surface area contributed by atoms with Gasteiger partial charge in [-0.2, -0.15) is 10.2 Å². The maximum Gasteiger partial charge on any atom is 0.251 e. The van der Waals surface area contributed by atoms with Gasteiger partial charge in [0.15, 0.2) is 0 Å². The number of carbonyl (C=O) groups is 1. The quantitative estimate of drug-likeness (QED) is 0.644. The number of hydrogen-bond acceptors (Lipinski definition) is 3. The van der Waals surface area contributed by atoms with Gasteiger partial charge in [0.1, 0.15) is 0 Å². The number of aromatic nitrogens is 4. The highest BCUT2D eigenvalue weighted by molar-refractivity contribution is 5.97. The van der Waals surface area contributed by atoms with Crippen molar-refractivity contribution in [1.29, 1.82) is 0 Å². The van der Waals surface area contributed by atoms with Gasteiger partial charge in [0, 0.05) is 29.3 Å². The minimum Gasteiger partial charge on any atom is -0.348 e. The molecule has 0 aliphatic carbocycles. The Morgan fingerprint density at radius 2 is 2.22 bits per heavy atom. The summed E-state index contributed by atoms with van der Waals surface area (Å²) in [5.74, 6) is -0.112. The van der Waals surface area contributed by atoms with Crippen molar-refractivity contribution in [1.82, 2.24) is 25.7 Å². The van der Waals surface area contributed by atoms with Crippen molar-refractivity contribution in [3.05, 3.63) is 47.9 Å². The molecule has 6 nitrogen and oxygen atoms in total. The molecule has 3 aromatic rings. The molecule has 0 aliphatic rings. The molecule has 2 heterocycles. The third-order valence-corrected chi connectivity index (χ3v) is 2.71. The number of hydrogen-bond donors (Lipinski definition) is 3. The number of benzene rings is 1. The Morgan fingerprint density at radius 3 is 3.06 bits per heavy atom. The van der Waals surface area contributed by atoms with Gasteiger partial charge in [-0.1, -0.05) is 0 Å². The lowest BCUT2D eigenvalue weighted by Crippen LogP contribution is -2.22. The van der Waals surface area contributed by atoms with Crippen LogP contribution >= 0.6 is 0 Å². The third kappa shape index (κ3) is 1.95. The predicted molar refractivity (Wildman–Crippen MR) is 65.9 cm³/mol. The van der Waals surface area contributed by atoms with Gasteiger partial charge >= 0.3 is 0 Å². The molecule has 1 aromatic carbocycles. The zero-order chi connectivity index (χ0) is 12.4. The van der Waals surface area contributed by atoms with Gasteiger partial charge in [-0.05, 0) is 18.2 Å². The number of amides is 1. The Balaban J connectivity index is 1.75. The minimum atomic E-state index is -0.112. The summed E-state index contributed by atoms with van der Waals surface area (Å²) in [6, 6.07) is 5.42. The molecule has 0 bridgehead atoms. The van der Waals surface area contributed by atoms with Gasteiger partial charge in [0.2, 0.25) is 0 Å². The SMILES string of the molecule is O=C(NCc1cn[nH]c1)c1ccc2[nH]ncc2c1. The van der Waals surface area contributed by atoms with E-state index in [0.717, 1.165) is 16.5 Å². The number of rotatable bonds is 3. The fraction of sp³-hybridized carbons (Fsp3) is 0.0833. The highest BCUT2D eigenvalue weighted by Crippen LogP contribution is 2.12. The molecule has 6 heteroatoms. The standard InChI is InChI=1S/C12H11N5O/c18-12(13-4-8-5-14-15-6-8)9-1-2-11-10(3-9)7-16-17-11/h1-3,5-7H,4H2,(H,13,18)(H,14,15)(H,16,17). The van der Waals surface area contributed by atoms with Crippen molar-refractivity contribution < 1.29 is 4.79 Å². The van der Waals surface area contributed by atoms with Gasteiger partial charge in [-0.3, -0.25) is 15.0 Å². The molecule has 0 spiro atoms. The van der Waals surface area contributed by atoms with Crippen LogP contribution in [0, 0.1) is 0 Å².